The van der Waals surface area contributed by atoms with Crippen molar-refractivity contribution < 1.29 is 18.3 Å². The van der Waals surface area contributed by atoms with E-state index >= 15 is 0 Å². The van der Waals surface area contributed by atoms with Crippen molar-refractivity contribution >= 4 is 39.4 Å². The SMILES string of the molecule is CSCCC(CN(Cc1ccc(C(=O)O)cc1)Cc1cccnc1)NS(=O)(=O)c1ccc(Cl)cc1. The van der Waals surface area contributed by atoms with Gasteiger partial charge in [0.1, 0.15) is 0 Å². The minimum absolute atomic E-state index is 0.166. The van der Waals surface area contributed by atoms with Crippen LogP contribution in [0.1, 0.15) is 27.9 Å². The molecule has 1 atom stereocenters. The first-order valence-corrected chi connectivity index (χ1v) is 14.2. The van der Waals surface area contributed by atoms with E-state index in [9.17, 15) is 18.3 Å². The number of sulfonamides is 1. The number of carboxylic acid groups (broad SMARTS) is 1. The third-order valence-corrected chi connectivity index (χ3v) is 7.76. The number of nitrogens with zero attached hydrogens (tertiary/aromatic N) is 2. The van der Waals surface area contributed by atoms with Crippen molar-refractivity contribution in [2.75, 3.05) is 18.6 Å². The third kappa shape index (κ3) is 8.63. The first-order valence-electron chi connectivity index (χ1n) is 11.0. The van der Waals surface area contributed by atoms with E-state index in [0.717, 1.165) is 16.9 Å². The van der Waals surface area contributed by atoms with Gasteiger partial charge in [0.05, 0.1) is 10.5 Å². The van der Waals surface area contributed by atoms with E-state index in [4.69, 9.17) is 11.6 Å². The number of aromatic nitrogens is 1. The van der Waals surface area contributed by atoms with Crippen LogP contribution in [0.4, 0.5) is 0 Å². The van der Waals surface area contributed by atoms with Gasteiger partial charge < -0.3 is 5.11 Å². The predicted octanol–water partition coefficient (Wildman–Crippen LogP) is 4.54. The van der Waals surface area contributed by atoms with E-state index in [0.29, 0.717) is 31.1 Å². The summed E-state index contributed by atoms with van der Waals surface area (Å²) in [7, 11) is -3.74. The number of hydrogen-bond donors (Lipinski definition) is 2. The molecule has 1 heterocycles. The van der Waals surface area contributed by atoms with E-state index in [1.165, 1.54) is 12.1 Å². The summed E-state index contributed by atoms with van der Waals surface area (Å²) in [5.74, 6) is -0.181. The summed E-state index contributed by atoms with van der Waals surface area (Å²) in [6, 6.07) is 16.3. The van der Waals surface area contributed by atoms with Gasteiger partial charge in [-0.3, -0.25) is 9.88 Å². The van der Waals surface area contributed by atoms with Gasteiger partial charge in [0.25, 0.3) is 0 Å². The smallest absolute Gasteiger partial charge is 0.335 e. The minimum atomic E-state index is -3.74. The zero-order valence-corrected chi connectivity index (χ0v) is 21.7. The lowest BCUT2D eigenvalue weighted by Crippen LogP contribution is -2.43. The molecule has 0 bridgehead atoms. The Hall–Kier alpha value is -2.43. The molecule has 35 heavy (non-hydrogen) atoms. The van der Waals surface area contributed by atoms with Crippen molar-refractivity contribution in [3.8, 4) is 0 Å². The Bertz CT molecular complexity index is 1190. The maximum atomic E-state index is 13.1. The van der Waals surface area contributed by atoms with Gasteiger partial charge in [-0.05, 0) is 72.0 Å². The number of carbonyl (C=O) groups is 1. The monoisotopic (exact) mass is 533 g/mol. The predicted molar refractivity (Wildman–Crippen MR) is 140 cm³/mol. The molecule has 0 amide bonds. The van der Waals surface area contributed by atoms with Gasteiger partial charge in [0.2, 0.25) is 10.0 Å². The topological polar surface area (TPSA) is 99.6 Å². The van der Waals surface area contributed by atoms with Gasteiger partial charge in [-0.1, -0.05) is 29.8 Å². The molecule has 0 saturated carbocycles. The minimum Gasteiger partial charge on any atom is -0.478 e. The van der Waals surface area contributed by atoms with Crippen LogP contribution in [-0.2, 0) is 23.1 Å². The number of halogens is 1. The molecule has 0 aliphatic carbocycles. The Morgan fingerprint density at radius 2 is 1.77 bits per heavy atom. The highest BCUT2D eigenvalue weighted by atomic mass is 35.5. The van der Waals surface area contributed by atoms with E-state index in [2.05, 4.69) is 14.6 Å². The maximum Gasteiger partial charge on any atom is 0.335 e. The molecule has 2 N–H and O–H groups in total. The van der Waals surface area contributed by atoms with E-state index < -0.39 is 16.0 Å². The second-order valence-electron chi connectivity index (χ2n) is 8.09. The lowest BCUT2D eigenvalue weighted by molar-refractivity contribution is 0.0697. The van der Waals surface area contributed by atoms with E-state index in [-0.39, 0.29) is 16.5 Å². The summed E-state index contributed by atoms with van der Waals surface area (Å²) in [6.45, 7) is 1.54. The van der Waals surface area contributed by atoms with Crippen LogP contribution < -0.4 is 4.72 Å². The first kappa shape index (κ1) is 27.2. The lowest BCUT2D eigenvalue weighted by Gasteiger charge is -2.28. The Morgan fingerprint density at radius 1 is 1.09 bits per heavy atom. The molecule has 10 heteroatoms. The molecule has 0 aliphatic heterocycles. The fourth-order valence-corrected chi connectivity index (χ4v) is 5.51. The average molecular weight is 534 g/mol. The number of hydrogen-bond acceptors (Lipinski definition) is 6. The molecular formula is C25H28ClN3O4S2. The van der Waals surface area contributed by atoms with Crippen molar-refractivity contribution in [2.24, 2.45) is 0 Å². The van der Waals surface area contributed by atoms with Crippen LogP contribution in [0.5, 0.6) is 0 Å². The molecule has 0 saturated heterocycles. The number of nitrogens with one attached hydrogen (secondary N) is 1. The van der Waals surface area contributed by atoms with Crippen LogP contribution in [0, 0.1) is 0 Å². The average Bonchev–Trinajstić information content (AvgIpc) is 2.83. The molecule has 0 fully saturated rings. The molecule has 2 aromatic carbocycles. The molecular weight excluding hydrogens is 506 g/mol. The summed E-state index contributed by atoms with van der Waals surface area (Å²) in [6.07, 6.45) is 6.13. The summed E-state index contributed by atoms with van der Waals surface area (Å²) >= 11 is 7.58. The number of pyridine rings is 1. The van der Waals surface area contributed by atoms with Crippen LogP contribution >= 0.6 is 23.4 Å². The number of benzene rings is 2. The Kier molecular flexibility index (Phi) is 10.1. The van der Waals surface area contributed by atoms with Crippen molar-refractivity contribution in [1.29, 1.82) is 0 Å². The van der Waals surface area contributed by atoms with Crippen molar-refractivity contribution in [3.63, 3.8) is 0 Å². The van der Waals surface area contributed by atoms with Gasteiger partial charge in [-0.2, -0.15) is 11.8 Å². The summed E-state index contributed by atoms with van der Waals surface area (Å²) in [5, 5.41) is 9.65. The molecule has 0 radical (unpaired) electrons. The van der Waals surface area contributed by atoms with Crippen LogP contribution in [0.2, 0.25) is 5.02 Å². The van der Waals surface area contributed by atoms with Gasteiger partial charge in [0, 0.05) is 43.1 Å². The number of rotatable bonds is 13. The van der Waals surface area contributed by atoms with Gasteiger partial charge in [-0.25, -0.2) is 17.9 Å². The number of thioether (sulfide) groups is 1. The zero-order chi connectivity index (χ0) is 25.3. The molecule has 0 aliphatic rings. The third-order valence-electron chi connectivity index (χ3n) is 5.33. The van der Waals surface area contributed by atoms with Crippen molar-refractivity contribution in [3.05, 3.63) is 94.8 Å². The summed E-state index contributed by atoms with van der Waals surface area (Å²) in [4.78, 5) is 17.7. The molecule has 1 unspecified atom stereocenters. The number of aromatic carboxylic acids is 1. The molecule has 3 aromatic rings. The van der Waals surface area contributed by atoms with Crippen LogP contribution in [-0.4, -0.2) is 54.0 Å². The molecule has 186 valence electrons. The van der Waals surface area contributed by atoms with E-state index in [1.807, 2.05) is 18.4 Å². The maximum absolute atomic E-state index is 13.1. The second-order valence-corrected chi connectivity index (χ2v) is 11.2. The number of carboxylic acids is 1. The highest BCUT2D eigenvalue weighted by Crippen LogP contribution is 2.17. The van der Waals surface area contributed by atoms with Gasteiger partial charge in [0.15, 0.2) is 0 Å². The fraction of sp³-hybridized carbons (Fsp3) is 0.280. The molecule has 7 nitrogen and oxygen atoms in total. The van der Waals surface area contributed by atoms with Crippen LogP contribution in [0.25, 0.3) is 0 Å². The highest BCUT2D eigenvalue weighted by Gasteiger charge is 2.23. The largest absolute Gasteiger partial charge is 0.478 e. The quantitative estimate of drug-likeness (QED) is 0.333. The summed E-state index contributed by atoms with van der Waals surface area (Å²) in [5.41, 5.74) is 2.16. The zero-order valence-electron chi connectivity index (χ0n) is 19.3. The Morgan fingerprint density at radius 3 is 2.37 bits per heavy atom. The lowest BCUT2D eigenvalue weighted by atomic mass is 10.1. The van der Waals surface area contributed by atoms with E-state index in [1.54, 1.807) is 60.6 Å². The first-order chi connectivity index (χ1) is 16.8. The van der Waals surface area contributed by atoms with Crippen LogP contribution in [0.15, 0.2) is 78.0 Å². The summed E-state index contributed by atoms with van der Waals surface area (Å²) < 4.78 is 29.0. The molecule has 1 aromatic heterocycles. The van der Waals surface area contributed by atoms with Crippen LogP contribution in [0.3, 0.4) is 0 Å². The molecule has 3 rings (SSSR count). The normalized spacial score (nSPS) is 12.5. The Labute approximate surface area is 215 Å². The second kappa shape index (κ2) is 13.0. The Balaban J connectivity index is 1.82. The van der Waals surface area contributed by atoms with Crippen molar-refractivity contribution in [2.45, 2.75) is 30.4 Å². The standard InChI is InChI=1S/C25H28ClN3O4S2/c1-34-14-12-23(28-35(32,33)24-10-8-22(26)9-11-24)18-29(17-20-3-2-13-27-15-20)16-19-4-6-21(7-5-19)25(30)31/h2-11,13,15,23,28H,12,14,16-18H2,1H3,(H,30,31). The molecule has 0 spiro atoms. The van der Waals surface area contributed by atoms with Gasteiger partial charge >= 0.3 is 5.97 Å². The fourth-order valence-electron chi connectivity index (χ4n) is 3.61. The van der Waals surface area contributed by atoms with Crippen molar-refractivity contribution in [1.82, 2.24) is 14.6 Å². The highest BCUT2D eigenvalue weighted by molar-refractivity contribution is 7.98. The van der Waals surface area contributed by atoms with Gasteiger partial charge in [-0.15, -0.1) is 0 Å².